The van der Waals surface area contributed by atoms with Crippen molar-refractivity contribution in [3.63, 3.8) is 0 Å². The minimum absolute atomic E-state index is 0.134. The van der Waals surface area contributed by atoms with E-state index < -0.39 is 10.0 Å². The Kier molecular flexibility index (Phi) is 4.36. The summed E-state index contributed by atoms with van der Waals surface area (Å²) in [5, 5.41) is -0.134. The lowest BCUT2D eigenvalue weighted by molar-refractivity contribution is 0.578. The van der Waals surface area contributed by atoms with E-state index in [9.17, 15) is 8.42 Å². The van der Waals surface area contributed by atoms with Crippen molar-refractivity contribution in [2.24, 2.45) is 0 Å². The van der Waals surface area contributed by atoms with Gasteiger partial charge in [0.05, 0.1) is 5.69 Å². The summed E-state index contributed by atoms with van der Waals surface area (Å²) >= 11 is 0. The van der Waals surface area contributed by atoms with Crippen molar-refractivity contribution in [3.8, 4) is 0 Å². The molecule has 3 N–H and O–H groups in total. The van der Waals surface area contributed by atoms with Crippen molar-refractivity contribution in [2.45, 2.75) is 24.9 Å². The zero-order valence-electron chi connectivity index (χ0n) is 11.2. The predicted octanol–water partition coefficient (Wildman–Crippen LogP) is 1.70. The molecule has 0 saturated carbocycles. The molecule has 0 unspecified atom stereocenters. The molecule has 6 heteroatoms. The Labute approximate surface area is 118 Å². The lowest BCUT2D eigenvalue weighted by Crippen LogP contribution is -2.25. The molecular formula is C14H17N3O2S. The highest BCUT2D eigenvalue weighted by Gasteiger charge is 2.18. The first-order chi connectivity index (χ1) is 9.53. The number of nitrogens with zero attached hydrogens (tertiary/aromatic N) is 1. The van der Waals surface area contributed by atoms with Gasteiger partial charge in [-0.15, -0.1) is 0 Å². The molecule has 0 aliphatic heterocycles. The van der Waals surface area contributed by atoms with Crippen LogP contribution in [-0.2, 0) is 23.0 Å². The fourth-order valence-electron chi connectivity index (χ4n) is 1.77. The number of nitrogen functional groups attached to an aromatic ring is 1. The first-order valence-electron chi connectivity index (χ1n) is 6.31. The summed E-state index contributed by atoms with van der Waals surface area (Å²) in [5.74, 6) is 0. The van der Waals surface area contributed by atoms with E-state index >= 15 is 0 Å². The second-order valence-electron chi connectivity index (χ2n) is 4.39. The SMILES string of the molecule is CCc1ccc(CNS(=O)(=O)c2ncccc2N)cc1. The van der Waals surface area contributed by atoms with Gasteiger partial charge >= 0.3 is 0 Å². The molecule has 1 heterocycles. The minimum Gasteiger partial charge on any atom is -0.396 e. The van der Waals surface area contributed by atoms with Crippen LogP contribution in [-0.4, -0.2) is 13.4 Å². The fourth-order valence-corrected chi connectivity index (χ4v) is 2.84. The maximum atomic E-state index is 12.1. The average Bonchev–Trinajstić information content (AvgIpc) is 2.46. The lowest BCUT2D eigenvalue weighted by Gasteiger charge is -2.08. The van der Waals surface area contributed by atoms with Gasteiger partial charge in [-0.1, -0.05) is 31.2 Å². The Hall–Kier alpha value is -1.92. The number of anilines is 1. The molecule has 1 aromatic heterocycles. The lowest BCUT2D eigenvalue weighted by atomic mass is 10.1. The van der Waals surface area contributed by atoms with Crippen molar-refractivity contribution in [3.05, 3.63) is 53.7 Å². The predicted molar refractivity (Wildman–Crippen MR) is 78.5 cm³/mol. The largest absolute Gasteiger partial charge is 0.396 e. The number of aryl methyl sites for hydroxylation is 1. The number of benzene rings is 1. The third-order valence-electron chi connectivity index (χ3n) is 2.95. The van der Waals surface area contributed by atoms with Gasteiger partial charge in [0.15, 0.2) is 5.03 Å². The van der Waals surface area contributed by atoms with Crippen molar-refractivity contribution in [1.29, 1.82) is 0 Å². The van der Waals surface area contributed by atoms with E-state index in [0.717, 1.165) is 12.0 Å². The van der Waals surface area contributed by atoms with Crippen LogP contribution in [0.4, 0.5) is 5.69 Å². The van der Waals surface area contributed by atoms with Gasteiger partial charge in [0.25, 0.3) is 10.0 Å². The molecule has 0 saturated heterocycles. The summed E-state index contributed by atoms with van der Waals surface area (Å²) < 4.78 is 26.7. The zero-order chi connectivity index (χ0) is 14.6. The monoisotopic (exact) mass is 291 g/mol. The molecule has 20 heavy (non-hydrogen) atoms. The molecule has 0 radical (unpaired) electrons. The van der Waals surface area contributed by atoms with Gasteiger partial charge in [-0.3, -0.25) is 0 Å². The third-order valence-corrected chi connectivity index (χ3v) is 4.33. The van der Waals surface area contributed by atoms with E-state index in [1.54, 1.807) is 6.07 Å². The van der Waals surface area contributed by atoms with Gasteiger partial charge in [-0.05, 0) is 29.7 Å². The van der Waals surface area contributed by atoms with E-state index in [1.165, 1.54) is 17.8 Å². The molecular weight excluding hydrogens is 274 g/mol. The molecule has 5 nitrogen and oxygen atoms in total. The van der Waals surface area contributed by atoms with Crippen LogP contribution in [0.3, 0.4) is 0 Å². The molecule has 2 aromatic rings. The van der Waals surface area contributed by atoms with Crippen LogP contribution in [0.25, 0.3) is 0 Å². The number of sulfonamides is 1. The first-order valence-corrected chi connectivity index (χ1v) is 7.79. The van der Waals surface area contributed by atoms with Crippen LogP contribution < -0.4 is 10.5 Å². The molecule has 0 atom stereocenters. The number of nitrogens with two attached hydrogens (primary N) is 1. The quantitative estimate of drug-likeness (QED) is 0.878. The van der Waals surface area contributed by atoms with Gasteiger partial charge in [-0.25, -0.2) is 18.1 Å². The average molecular weight is 291 g/mol. The van der Waals surface area contributed by atoms with Crippen LogP contribution in [0.5, 0.6) is 0 Å². The van der Waals surface area contributed by atoms with Crippen molar-refractivity contribution < 1.29 is 8.42 Å². The van der Waals surface area contributed by atoms with E-state index in [1.807, 2.05) is 24.3 Å². The number of hydrogen-bond donors (Lipinski definition) is 2. The molecule has 0 amide bonds. The van der Waals surface area contributed by atoms with Crippen LogP contribution in [0.2, 0.25) is 0 Å². The highest BCUT2D eigenvalue weighted by Crippen LogP contribution is 2.14. The Morgan fingerprint density at radius 3 is 2.40 bits per heavy atom. The maximum absolute atomic E-state index is 12.1. The summed E-state index contributed by atoms with van der Waals surface area (Å²) in [5.41, 5.74) is 7.87. The third kappa shape index (κ3) is 3.34. The first kappa shape index (κ1) is 14.5. The smallest absolute Gasteiger partial charge is 0.260 e. The van der Waals surface area contributed by atoms with E-state index in [-0.39, 0.29) is 17.3 Å². The summed E-state index contributed by atoms with van der Waals surface area (Å²) in [7, 11) is -3.69. The number of aromatic nitrogens is 1. The summed E-state index contributed by atoms with van der Waals surface area (Å²) in [4.78, 5) is 3.81. The van der Waals surface area contributed by atoms with Crippen molar-refractivity contribution in [2.75, 3.05) is 5.73 Å². The molecule has 106 valence electrons. The normalized spacial score (nSPS) is 11.4. The second kappa shape index (κ2) is 6.02. The van der Waals surface area contributed by atoms with Crippen LogP contribution in [0.15, 0.2) is 47.6 Å². The van der Waals surface area contributed by atoms with Gasteiger partial charge in [-0.2, -0.15) is 0 Å². The summed E-state index contributed by atoms with van der Waals surface area (Å²) in [6.45, 7) is 2.28. The van der Waals surface area contributed by atoms with Crippen LogP contribution in [0, 0.1) is 0 Å². The Bertz CT molecular complexity index is 682. The summed E-state index contributed by atoms with van der Waals surface area (Å²) in [6.07, 6.45) is 2.36. The molecule has 1 aromatic carbocycles. The van der Waals surface area contributed by atoms with Crippen molar-refractivity contribution in [1.82, 2.24) is 9.71 Å². The number of nitrogens with one attached hydrogen (secondary N) is 1. The Balaban J connectivity index is 2.11. The molecule has 0 fully saturated rings. The highest BCUT2D eigenvalue weighted by molar-refractivity contribution is 7.89. The minimum atomic E-state index is -3.69. The van der Waals surface area contributed by atoms with Gasteiger partial charge in [0.2, 0.25) is 0 Å². The topological polar surface area (TPSA) is 85.1 Å². The number of pyridine rings is 1. The van der Waals surface area contributed by atoms with Crippen LogP contribution in [0.1, 0.15) is 18.1 Å². The molecule has 0 spiro atoms. The highest BCUT2D eigenvalue weighted by atomic mass is 32.2. The van der Waals surface area contributed by atoms with E-state index in [4.69, 9.17) is 5.73 Å². The standard InChI is InChI=1S/C14H17N3O2S/c1-2-11-5-7-12(8-6-11)10-17-20(18,19)14-13(15)4-3-9-16-14/h3-9,17H,2,10,15H2,1H3. The van der Waals surface area contributed by atoms with Gasteiger partial charge in [0.1, 0.15) is 0 Å². The molecule has 2 rings (SSSR count). The molecule has 0 bridgehead atoms. The Morgan fingerprint density at radius 2 is 1.80 bits per heavy atom. The van der Waals surface area contributed by atoms with E-state index in [0.29, 0.717) is 0 Å². The van der Waals surface area contributed by atoms with Gasteiger partial charge < -0.3 is 5.73 Å². The fraction of sp³-hybridized carbons (Fsp3) is 0.214. The zero-order valence-corrected chi connectivity index (χ0v) is 12.0. The molecule has 0 aliphatic rings. The maximum Gasteiger partial charge on any atom is 0.260 e. The summed E-state index contributed by atoms with van der Waals surface area (Å²) in [6, 6.07) is 10.9. The number of hydrogen-bond acceptors (Lipinski definition) is 4. The second-order valence-corrected chi connectivity index (χ2v) is 6.07. The molecule has 0 aliphatic carbocycles. The van der Waals surface area contributed by atoms with Gasteiger partial charge in [0, 0.05) is 12.7 Å². The van der Waals surface area contributed by atoms with E-state index in [2.05, 4.69) is 16.6 Å². The number of rotatable bonds is 5. The van der Waals surface area contributed by atoms with Crippen molar-refractivity contribution >= 4 is 15.7 Å². The Morgan fingerprint density at radius 1 is 1.15 bits per heavy atom. The van der Waals surface area contributed by atoms with Crippen LogP contribution >= 0.6 is 0 Å².